The lowest BCUT2D eigenvalue weighted by molar-refractivity contribution is -0.132. The Bertz CT molecular complexity index is 813. The average Bonchev–Trinajstić information content (AvgIpc) is 2.71. The summed E-state index contributed by atoms with van der Waals surface area (Å²) < 4.78 is 22.6. The molecule has 0 radical (unpaired) electrons. The van der Waals surface area contributed by atoms with Crippen molar-refractivity contribution in [3.63, 3.8) is 0 Å². The van der Waals surface area contributed by atoms with Crippen molar-refractivity contribution in [2.75, 3.05) is 6.54 Å². The molecule has 1 aliphatic rings. The van der Waals surface area contributed by atoms with Gasteiger partial charge in [-0.1, -0.05) is 39.3 Å². The molecule has 1 aromatic rings. The molecule has 1 fully saturated rings. The van der Waals surface area contributed by atoms with Crippen molar-refractivity contribution in [1.29, 1.82) is 0 Å². The molecule has 0 spiro atoms. The van der Waals surface area contributed by atoms with Crippen LogP contribution in [0.4, 0.5) is 0 Å². The summed E-state index contributed by atoms with van der Waals surface area (Å²) in [5.74, 6) is 0.491. The van der Waals surface area contributed by atoms with E-state index >= 15 is 0 Å². The lowest BCUT2D eigenvalue weighted by Gasteiger charge is -2.29. The lowest BCUT2D eigenvalue weighted by Crippen LogP contribution is -2.51. The van der Waals surface area contributed by atoms with Crippen LogP contribution in [0.1, 0.15) is 58.4 Å². The molecule has 0 aromatic heterocycles. The Morgan fingerprint density at radius 1 is 1.10 bits per heavy atom. The molecule has 0 heterocycles. The van der Waals surface area contributed by atoms with Gasteiger partial charge in [-0.2, -0.15) is 0 Å². The number of nitrogens with one attached hydrogen (secondary N) is 2. The fourth-order valence-electron chi connectivity index (χ4n) is 3.92. The standard InChI is InChI=1S/C22H35N3O4S/c1-4-16-5-9-18(10-6-16)21(26)25-20(15(2)3)22(27)24-14-13-17-7-11-19(12-8-17)30(23,28)29/h7-8,11-12,15-16,18,20H,4-6,9-10,13-14H2,1-3H3,(H,24,27)(H,25,26)(H2,23,28,29)/t16?,18?,20-/m0/s1. The maximum absolute atomic E-state index is 12.7. The molecule has 0 aliphatic heterocycles. The molecule has 0 saturated heterocycles. The van der Waals surface area contributed by atoms with Crippen molar-refractivity contribution in [3.05, 3.63) is 29.8 Å². The van der Waals surface area contributed by atoms with Crippen molar-refractivity contribution >= 4 is 21.8 Å². The van der Waals surface area contributed by atoms with Crippen molar-refractivity contribution < 1.29 is 18.0 Å². The minimum atomic E-state index is -3.71. The van der Waals surface area contributed by atoms with Crippen LogP contribution in [-0.4, -0.2) is 32.8 Å². The second-order valence-corrected chi connectivity index (χ2v) is 10.1. The highest BCUT2D eigenvalue weighted by Crippen LogP contribution is 2.30. The van der Waals surface area contributed by atoms with Gasteiger partial charge in [-0.25, -0.2) is 13.6 Å². The maximum Gasteiger partial charge on any atom is 0.242 e. The predicted molar refractivity (Wildman–Crippen MR) is 117 cm³/mol. The Hall–Kier alpha value is -1.93. The second kappa shape index (κ2) is 10.9. The van der Waals surface area contributed by atoms with Gasteiger partial charge in [-0.15, -0.1) is 0 Å². The van der Waals surface area contributed by atoms with Gasteiger partial charge in [-0.05, 0) is 61.6 Å². The first-order valence-corrected chi connectivity index (χ1v) is 12.4. The van der Waals surface area contributed by atoms with Crippen molar-refractivity contribution in [1.82, 2.24) is 10.6 Å². The van der Waals surface area contributed by atoms with Crippen LogP contribution in [0.3, 0.4) is 0 Å². The Morgan fingerprint density at radius 3 is 2.20 bits per heavy atom. The minimum Gasteiger partial charge on any atom is -0.354 e. The Balaban J connectivity index is 1.84. The van der Waals surface area contributed by atoms with E-state index < -0.39 is 16.1 Å². The highest BCUT2D eigenvalue weighted by Gasteiger charge is 2.30. The van der Waals surface area contributed by atoms with E-state index in [1.165, 1.54) is 12.1 Å². The fraction of sp³-hybridized carbons (Fsp3) is 0.636. The summed E-state index contributed by atoms with van der Waals surface area (Å²) >= 11 is 0. The summed E-state index contributed by atoms with van der Waals surface area (Å²) in [4.78, 5) is 25.4. The summed E-state index contributed by atoms with van der Waals surface area (Å²) in [6.07, 6.45) is 5.66. The molecule has 0 bridgehead atoms. The van der Waals surface area contributed by atoms with E-state index in [2.05, 4.69) is 17.6 Å². The largest absolute Gasteiger partial charge is 0.354 e. The zero-order valence-electron chi connectivity index (χ0n) is 18.2. The normalized spacial score (nSPS) is 20.6. The quantitative estimate of drug-likeness (QED) is 0.549. The zero-order chi connectivity index (χ0) is 22.3. The number of hydrogen-bond donors (Lipinski definition) is 3. The third-order valence-electron chi connectivity index (χ3n) is 6.01. The summed E-state index contributed by atoms with van der Waals surface area (Å²) in [6, 6.07) is 5.71. The summed E-state index contributed by atoms with van der Waals surface area (Å²) in [7, 11) is -3.71. The molecular weight excluding hydrogens is 402 g/mol. The van der Waals surface area contributed by atoms with Gasteiger partial charge in [0.15, 0.2) is 0 Å². The average molecular weight is 438 g/mol. The van der Waals surface area contributed by atoms with Crippen LogP contribution >= 0.6 is 0 Å². The summed E-state index contributed by atoms with van der Waals surface area (Å²) in [5, 5.41) is 10.9. The molecule has 1 aromatic carbocycles. The van der Waals surface area contributed by atoms with Crippen LogP contribution in [0.5, 0.6) is 0 Å². The molecule has 2 amide bonds. The molecule has 7 nitrogen and oxygen atoms in total. The number of sulfonamides is 1. The Labute approximate surface area is 180 Å². The van der Waals surface area contributed by atoms with Gasteiger partial charge in [0, 0.05) is 12.5 Å². The number of primary sulfonamides is 1. The zero-order valence-corrected chi connectivity index (χ0v) is 19.0. The first kappa shape index (κ1) is 24.3. The molecule has 1 saturated carbocycles. The first-order valence-electron chi connectivity index (χ1n) is 10.8. The molecule has 0 unspecified atom stereocenters. The number of nitrogens with two attached hydrogens (primary N) is 1. The number of amides is 2. The van der Waals surface area contributed by atoms with Crippen molar-refractivity contribution in [3.8, 4) is 0 Å². The first-order chi connectivity index (χ1) is 14.1. The van der Waals surface area contributed by atoms with Crippen molar-refractivity contribution in [2.24, 2.45) is 22.9 Å². The number of carbonyl (C=O) groups is 2. The molecule has 2 rings (SSSR count). The van der Waals surface area contributed by atoms with Crippen LogP contribution < -0.4 is 15.8 Å². The maximum atomic E-state index is 12.7. The topological polar surface area (TPSA) is 118 Å². The van der Waals surface area contributed by atoms with E-state index in [0.717, 1.165) is 43.6 Å². The molecule has 8 heteroatoms. The van der Waals surface area contributed by atoms with E-state index in [-0.39, 0.29) is 28.5 Å². The van der Waals surface area contributed by atoms with Gasteiger partial charge in [-0.3, -0.25) is 9.59 Å². The van der Waals surface area contributed by atoms with Crippen LogP contribution in [0.25, 0.3) is 0 Å². The number of carbonyl (C=O) groups excluding carboxylic acids is 2. The van der Waals surface area contributed by atoms with E-state index in [1.807, 2.05) is 13.8 Å². The third kappa shape index (κ3) is 7.09. The van der Waals surface area contributed by atoms with Crippen LogP contribution in [0, 0.1) is 17.8 Å². The number of benzene rings is 1. The Kier molecular flexibility index (Phi) is 8.85. The molecule has 30 heavy (non-hydrogen) atoms. The number of rotatable bonds is 9. The van der Waals surface area contributed by atoms with Gasteiger partial charge >= 0.3 is 0 Å². The van der Waals surface area contributed by atoms with Gasteiger partial charge < -0.3 is 10.6 Å². The van der Waals surface area contributed by atoms with Gasteiger partial charge in [0.1, 0.15) is 6.04 Å². The second-order valence-electron chi connectivity index (χ2n) is 8.59. The summed E-state index contributed by atoms with van der Waals surface area (Å²) in [6.45, 7) is 6.43. The summed E-state index contributed by atoms with van der Waals surface area (Å²) in [5.41, 5.74) is 0.889. The lowest BCUT2D eigenvalue weighted by atomic mass is 9.80. The van der Waals surface area contributed by atoms with Gasteiger partial charge in [0.25, 0.3) is 0 Å². The van der Waals surface area contributed by atoms with Gasteiger partial charge in [0.2, 0.25) is 21.8 Å². The monoisotopic (exact) mass is 437 g/mol. The number of hydrogen-bond acceptors (Lipinski definition) is 4. The molecular formula is C22H35N3O4S. The Morgan fingerprint density at radius 2 is 1.70 bits per heavy atom. The van der Waals surface area contributed by atoms with E-state index in [0.29, 0.717) is 13.0 Å². The van der Waals surface area contributed by atoms with Gasteiger partial charge in [0.05, 0.1) is 4.90 Å². The molecule has 4 N–H and O–H groups in total. The molecule has 1 aliphatic carbocycles. The fourth-order valence-corrected chi connectivity index (χ4v) is 4.44. The van der Waals surface area contributed by atoms with Crippen LogP contribution in [0.2, 0.25) is 0 Å². The van der Waals surface area contributed by atoms with Crippen LogP contribution in [0.15, 0.2) is 29.2 Å². The van der Waals surface area contributed by atoms with E-state index in [4.69, 9.17) is 5.14 Å². The SMILES string of the molecule is CCC1CCC(C(=O)N[C@H](C(=O)NCCc2ccc(S(N)(=O)=O)cc2)C(C)C)CC1. The predicted octanol–water partition coefficient (Wildman–Crippen LogP) is 2.35. The minimum absolute atomic E-state index is 0.000751. The smallest absolute Gasteiger partial charge is 0.242 e. The highest BCUT2D eigenvalue weighted by atomic mass is 32.2. The third-order valence-corrected chi connectivity index (χ3v) is 6.94. The molecule has 168 valence electrons. The van der Waals surface area contributed by atoms with Crippen LogP contribution in [-0.2, 0) is 26.0 Å². The van der Waals surface area contributed by atoms with E-state index in [9.17, 15) is 18.0 Å². The molecule has 1 atom stereocenters. The van der Waals surface area contributed by atoms with Crippen molar-refractivity contribution in [2.45, 2.75) is 70.2 Å². The van der Waals surface area contributed by atoms with E-state index in [1.54, 1.807) is 12.1 Å². The highest BCUT2D eigenvalue weighted by molar-refractivity contribution is 7.89.